The molecule has 1 fully saturated rings. The van der Waals surface area contributed by atoms with Gasteiger partial charge >= 0.3 is 0 Å². The Kier molecular flexibility index (Phi) is 3.76. The van der Waals surface area contributed by atoms with Gasteiger partial charge in [-0.1, -0.05) is 0 Å². The van der Waals surface area contributed by atoms with E-state index in [0.717, 1.165) is 42.0 Å². The summed E-state index contributed by atoms with van der Waals surface area (Å²) in [6, 6.07) is 5.41. The van der Waals surface area contributed by atoms with E-state index in [9.17, 15) is 4.79 Å². The van der Waals surface area contributed by atoms with Crippen LogP contribution in [0.15, 0.2) is 18.2 Å². The summed E-state index contributed by atoms with van der Waals surface area (Å²) >= 11 is 6.27. The molecule has 112 valence electrons. The minimum Gasteiger partial charge on any atom is -0.497 e. The molecule has 1 aromatic heterocycles. The van der Waals surface area contributed by atoms with Crippen LogP contribution in [-0.2, 0) is 4.79 Å². The van der Waals surface area contributed by atoms with Gasteiger partial charge in [0.25, 0.3) is 0 Å². The Labute approximate surface area is 128 Å². The van der Waals surface area contributed by atoms with E-state index in [0.29, 0.717) is 0 Å². The van der Waals surface area contributed by atoms with Gasteiger partial charge in [-0.3, -0.25) is 4.79 Å². The number of ether oxygens (including phenoxy) is 1. The molecule has 2 unspecified atom stereocenters. The average Bonchev–Trinajstić information content (AvgIpc) is 2.86. The highest BCUT2D eigenvalue weighted by Crippen LogP contribution is 2.32. The van der Waals surface area contributed by atoms with E-state index in [4.69, 9.17) is 16.3 Å². The second-order valence-corrected chi connectivity index (χ2v) is 5.91. The number of methoxy groups -OCH3 is 1. The summed E-state index contributed by atoms with van der Waals surface area (Å²) in [5.41, 5.74) is 1.72. The molecule has 21 heavy (non-hydrogen) atoms. The number of alkyl halides is 1. The number of halogens is 1. The van der Waals surface area contributed by atoms with Crippen LogP contribution in [0, 0.1) is 0 Å². The lowest BCUT2D eigenvalue weighted by molar-refractivity contribution is -0.125. The molecule has 0 spiro atoms. The summed E-state index contributed by atoms with van der Waals surface area (Å²) in [4.78, 5) is 16.8. The number of aromatic nitrogens is 2. The van der Waals surface area contributed by atoms with Gasteiger partial charge in [-0.05, 0) is 31.9 Å². The summed E-state index contributed by atoms with van der Waals surface area (Å²) < 4.78 is 7.25. The van der Waals surface area contributed by atoms with Crippen LogP contribution in [0.4, 0.5) is 0 Å². The Morgan fingerprint density at radius 3 is 3.00 bits per heavy atom. The minimum absolute atomic E-state index is 0.0296. The van der Waals surface area contributed by atoms with Crippen LogP contribution in [0.25, 0.3) is 11.0 Å². The van der Waals surface area contributed by atoms with E-state index in [2.05, 4.69) is 10.3 Å². The topological polar surface area (TPSA) is 56.1 Å². The third-order valence-electron chi connectivity index (χ3n) is 3.85. The van der Waals surface area contributed by atoms with Crippen molar-refractivity contribution in [1.29, 1.82) is 0 Å². The molecular formula is C15H18ClN3O2. The van der Waals surface area contributed by atoms with Gasteiger partial charge < -0.3 is 14.6 Å². The average molecular weight is 308 g/mol. The van der Waals surface area contributed by atoms with Crippen LogP contribution in [-0.4, -0.2) is 29.1 Å². The maximum absolute atomic E-state index is 12.2. The molecule has 2 heterocycles. The Hall–Kier alpha value is -1.75. The highest BCUT2D eigenvalue weighted by molar-refractivity contribution is 6.20. The lowest BCUT2D eigenvalue weighted by atomic mass is 10.1. The van der Waals surface area contributed by atoms with Crippen LogP contribution in [0.3, 0.4) is 0 Å². The van der Waals surface area contributed by atoms with Crippen molar-refractivity contribution in [2.45, 2.75) is 31.2 Å². The third kappa shape index (κ3) is 2.46. The molecule has 5 nitrogen and oxygen atoms in total. The molecule has 2 aromatic rings. The molecule has 0 radical (unpaired) electrons. The highest BCUT2D eigenvalue weighted by atomic mass is 35.5. The van der Waals surface area contributed by atoms with Crippen molar-refractivity contribution in [1.82, 2.24) is 14.9 Å². The molecule has 1 amide bonds. The number of benzene rings is 1. The standard InChI is InChI=1S/C15H18ClN3O2/c1-9(16)14-18-11-6-5-10(21-2)8-13(11)19(14)12-4-3-7-17-15(12)20/h5-6,8-9,12H,3-4,7H2,1-2H3,(H,17,20). The molecular weight excluding hydrogens is 290 g/mol. The van der Waals surface area contributed by atoms with Gasteiger partial charge in [0.15, 0.2) is 0 Å². The number of rotatable bonds is 3. The second kappa shape index (κ2) is 5.56. The van der Waals surface area contributed by atoms with Gasteiger partial charge in [0.05, 0.1) is 23.5 Å². The summed E-state index contributed by atoms with van der Waals surface area (Å²) in [6.45, 7) is 2.61. The third-order valence-corrected chi connectivity index (χ3v) is 4.04. The number of carbonyl (C=O) groups excluding carboxylic acids is 1. The van der Waals surface area contributed by atoms with E-state index < -0.39 is 0 Å². The first-order valence-electron chi connectivity index (χ1n) is 7.09. The Balaban J connectivity index is 2.20. The largest absolute Gasteiger partial charge is 0.497 e. The smallest absolute Gasteiger partial charge is 0.243 e. The predicted molar refractivity (Wildman–Crippen MR) is 81.8 cm³/mol. The number of carbonyl (C=O) groups is 1. The van der Waals surface area contributed by atoms with Crippen LogP contribution in [0.2, 0.25) is 0 Å². The molecule has 1 aromatic carbocycles. The van der Waals surface area contributed by atoms with E-state index in [-0.39, 0.29) is 17.3 Å². The molecule has 1 saturated heterocycles. The number of nitrogens with zero attached hydrogens (tertiary/aromatic N) is 2. The molecule has 0 aliphatic carbocycles. The molecule has 6 heteroatoms. The monoisotopic (exact) mass is 307 g/mol. The summed E-state index contributed by atoms with van der Waals surface area (Å²) in [7, 11) is 1.63. The Morgan fingerprint density at radius 2 is 2.33 bits per heavy atom. The van der Waals surface area contributed by atoms with Crippen molar-refractivity contribution in [3.8, 4) is 5.75 Å². The second-order valence-electron chi connectivity index (χ2n) is 5.26. The fourth-order valence-electron chi connectivity index (χ4n) is 2.83. The van der Waals surface area contributed by atoms with Gasteiger partial charge in [0, 0.05) is 12.6 Å². The molecule has 0 saturated carbocycles. The maximum Gasteiger partial charge on any atom is 0.243 e. The van der Waals surface area contributed by atoms with E-state index in [1.165, 1.54) is 0 Å². The lowest BCUT2D eigenvalue weighted by Crippen LogP contribution is -2.38. The van der Waals surface area contributed by atoms with E-state index >= 15 is 0 Å². The zero-order chi connectivity index (χ0) is 15.0. The molecule has 0 bridgehead atoms. The number of fused-ring (bicyclic) bond motifs is 1. The summed E-state index contributed by atoms with van der Waals surface area (Å²) in [5, 5.41) is 2.65. The Morgan fingerprint density at radius 1 is 1.52 bits per heavy atom. The number of imidazole rings is 1. The quantitative estimate of drug-likeness (QED) is 0.887. The molecule has 3 rings (SSSR count). The lowest BCUT2D eigenvalue weighted by Gasteiger charge is -2.25. The first-order valence-corrected chi connectivity index (χ1v) is 7.53. The zero-order valence-corrected chi connectivity index (χ0v) is 12.9. The van der Waals surface area contributed by atoms with Crippen molar-refractivity contribution < 1.29 is 9.53 Å². The zero-order valence-electron chi connectivity index (χ0n) is 12.1. The molecule has 1 aliphatic rings. The first kappa shape index (κ1) is 14.2. The normalized spacial score (nSPS) is 20.3. The summed E-state index contributed by atoms with van der Waals surface area (Å²) in [5.74, 6) is 1.50. The molecule has 1 N–H and O–H groups in total. The van der Waals surface area contributed by atoms with Gasteiger partial charge in [0.2, 0.25) is 5.91 Å². The van der Waals surface area contributed by atoms with Crippen LogP contribution in [0.1, 0.15) is 37.0 Å². The fourth-order valence-corrected chi connectivity index (χ4v) is 2.98. The minimum atomic E-state index is -0.266. The van der Waals surface area contributed by atoms with E-state index in [1.54, 1.807) is 7.11 Å². The number of amides is 1. The van der Waals surface area contributed by atoms with Crippen molar-refractivity contribution in [3.63, 3.8) is 0 Å². The molecule has 2 atom stereocenters. The van der Waals surface area contributed by atoms with Crippen molar-refractivity contribution >= 4 is 28.5 Å². The number of nitrogens with one attached hydrogen (secondary N) is 1. The van der Waals surface area contributed by atoms with E-state index in [1.807, 2.05) is 29.7 Å². The van der Waals surface area contributed by atoms with Gasteiger partial charge in [-0.25, -0.2) is 4.98 Å². The van der Waals surface area contributed by atoms with Gasteiger partial charge in [0.1, 0.15) is 17.6 Å². The predicted octanol–water partition coefficient (Wildman–Crippen LogP) is 2.80. The number of hydrogen-bond donors (Lipinski definition) is 1. The number of piperidine rings is 1. The van der Waals surface area contributed by atoms with Gasteiger partial charge in [-0.15, -0.1) is 11.6 Å². The van der Waals surface area contributed by atoms with Crippen LogP contribution < -0.4 is 10.1 Å². The highest BCUT2D eigenvalue weighted by Gasteiger charge is 2.29. The SMILES string of the molecule is COc1ccc2nc(C(C)Cl)n(C3CCCNC3=O)c2c1. The molecule has 1 aliphatic heterocycles. The van der Waals surface area contributed by atoms with Crippen molar-refractivity contribution in [2.75, 3.05) is 13.7 Å². The van der Waals surface area contributed by atoms with Crippen LogP contribution in [0.5, 0.6) is 5.75 Å². The fraction of sp³-hybridized carbons (Fsp3) is 0.467. The van der Waals surface area contributed by atoms with Gasteiger partial charge in [-0.2, -0.15) is 0 Å². The Bertz CT molecular complexity index is 681. The van der Waals surface area contributed by atoms with Crippen molar-refractivity contribution in [2.24, 2.45) is 0 Å². The first-order chi connectivity index (χ1) is 10.1. The van der Waals surface area contributed by atoms with Crippen LogP contribution >= 0.6 is 11.6 Å². The maximum atomic E-state index is 12.2. The summed E-state index contributed by atoms with van der Waals surface area (Å²) in [6.07, 6.45) is 1.75. The van der Waals surface area contributed by atoms with Crippen molar-refractivity contribution in [3.05, 3.63) is 24.0 Å². The number of hydrogen-bond acceptors (Lipinski definition) is 3.